The zero-order valence-electron chi connectivity index (χ0n) is 16.0. The predicted octanol–water partition coefficient (Wildman–Crippen LogP) is 4.29. The van der Waals surface area contributed by atoms with Gasteiger partial charge in [-0.2, -0.15) is 8.42 Å². The fraction of sp³-hybridized carbons (Fsp3) is 0.789. The molecule has 0 N–H and O–H groups in total. The summed E-state index contributed by atoms with van der Waals surface area (Å²) < 4.78 is 32.6. The second-order valence-electron chi connectivity index (χ2n) is 6.37. The first kappa shape index (κ1) is 24.6. The smallest absolute Gasteiger partial charge is 0.322 e. The van der Waals surface area contributed by atoms with Crippen molar-refractivity contribution in [3.05, 3.63) is 12.7 Å². The van der Waals surface area contributed by atoms with Crippen LogP contribution in [0.2, 0.25) is 0 Å². The first-order chi connectivity index (χ1) is 12.4. The summed E-state index contributed by atoms with van der Waals surface area (Å²) in [6.07, 6.45) is 11.8. The van der Waals surface area contributed by atoms with Crippen LogP contribution in [0.4, 0.5) is 0 Å². The number of rotatable bonds is 17. The molecule has 0 amide bonds. The lowest BCUT2D eigenvalue weighted by atomic mass is 10.1. The van der Waals surface area contributed by atoms with Gasteiger partial charge in [-0.15, -0.1) is 0 Å². The Hall–Kier alpha value is -1.37. The van der Waals surface area contributed by atoms with Crippen molar-refractivity contribution in [2.75, 3.05) is 12.4 Å². The zero-order chi connectivity index (χ0) is 19.7. The summed E-state index contributed by atoms with van der Waals surface area (Å²) in [5.74, 6) is -1.68. The van der Waals surface area contributed by atoms with Crippen molar-refractivity contribution in [1.29, 1.82) is 0 Å². The lowest BCUT2D eigenvalue weighted by molar-refractivity contribution is -0.145. The fourth-order valence-corrected chi connectivity index (χ4v) is 3.43. The van der Waals surface area contributed by atoms with E-state index in [0.717, 1.165) is 19.3 Å². The zero-order valence-corrected chi connectivity index (χ0v) is 16.9. The molecule has 152 valence electrons. The van der Waals surface area contributed by atoms with Gasteiger partial charge in [-0.1, -0.05) is 77.4 Å². The third-order valence-corrected chi connectivity index (χ3v) is 5.09. The van der Waals surface area contributed by atoms with E-state index in [1.165, 1.54) is 44.6 Å². The summed E-state index contributed by atoms with van der Waals surface area (Å²) in [6.45, 7) is 5.65. The minimum absolute atomic E-state index is 0.0604. The molecule has 0 atom stereocenters. The van der Waals surface area contributed by atoms with Crippen LogP contribution in [0.25, 0.3) is 0 Å². The van der Waals surface area contributed by atoms with Gasteiger partial charge in [-0.05, 0) is 6.42 Å². The molecule has 0 aliphatic heterocycles. The molecule has 0 aromatic heterocycles. The van der Waals surface area contributed by atoms with Crippen LogP contribution < -0.4 is 0 Å². The standard InChI is InChI=1S/C19H34O6S/c1-3-5-6-7-8-9-10-11-12-13-17-26(22,23)25-19(21)15-14-18(20)24-16-4-2/h4H,2-3,5-17H2,1H3. The Morgan fingerprint density at radius 2 is 1.35 bits per heavy atom. The van der Waals surface area contributed by atoms with Crippen molar-refractivity contribution in [3.63, 3.8) is 0 Å². The Balaban J connectivity index is 3.70. The van der Waals surface area contributed by atoms with Gasteiger partial charge in [0.25, 0.3) is 0 Å². The van der Waals surface area contributed by atoms with Crippen LogP contribution in [0.15, 0.2) is 12.7 Å². The molecule has 0 bridgehead atoms. The van der Waals surface area contributed by atoms with Crippen LogP contribution in [0.1, 0.15) is 84.0 Å². The highest BCUT2D eigenvalue weighted by molar-refractivity contribution is 7.87. The number of esters is 1. The molecular formula is C19H34O6S. The number of hydrogen-bond donors (Lipinski definition) is 0. The lowest BCUT2D eigenvalue weighted by Crippen LogP contribution is -2.17. The Morgan fingerprint density at radius 1 is 0.846 bits per heavy atom. The van der Waals surface area contributed by atoms with E-state index in [1.54, 1.807) is 0 Å². The molecule has 0 spiro atoms. The largest absolute Gasteiger partial charge is 0.461 e. The number of hydrogen-bond acceptors (Lipinski definition) is 6. The highest BCUT2D eigenvalue weighted by Crippen LogP contribution is 2.11. The Labute approximate surface area is 158 Å². The monoisotopic (exact) mass is 390 g/mol. The van der Waals surface area contributed by atoms with Gasteiger partial charge >= 0.3 is 22.1 Å². The first-order valence-corrected chi connectivity index (χ1v) is 11.2. The summed E-state index contributed by atoms with van der Waals surface area (Å²) in [5, 5.41) is 0. The van der Waals surface area contributed by atoms with E-state index in [-0.39, 0.29) is 25.2 Å². The first-order valence-electron chi connectivity index (χ1n) is 9.62. The van der Waals surface area contributed by atoms with Gasteiger partial charge in [0.1, 0.15) is 6.61 Å². The fourth-order valence-electron chi connectivity index (χ4n) is 2.42. The molecule has 0 unspecified atom stereocenters. The topological polar surface area (TPSA) is 86.7 Å². The Bertz CT molecular complexity index is 498. The molecule has 0 aliphatic carbocycles. The Morgan fingerprint density at radius 3 is 1.88 bits per heavy atom. The third kappa shape index (κ3) is 16.1. The molecule has 0 radical (unpaired) electrons. The van der Waals surface area contributed by atoms with E-state index in [1.807, 2.05) is 0 Å². The van der Waals surface area contributed by atoms with Crippen LogP contribution in [0, 0.1) is 0 Å². The van der Waals surface area contributed by atoms with Crippen molar-refractivity contribution in [2.45, 2.75) is 84.0 Å². The van der Waals surface area contributed by atoms with Crippen molar-refractivity contribution < 1.29 is 26.9 Å². The van der Waals surface area contributed by atoms with E-state index < -0.39 is 22.1 Å². The molecule has 0 aromatic carbocycles. The molecule has 0 aliphatic rings. The van der Waals surface area contributed by atoms with E-state index in [2.05, 4.69) is 17.7 Å². The van der Waals surface area contributed by atoms with Crippen molar-refractivity contribution >= 4 is 22.1 Å². The molecule has 0 rings (SSSR count). The number of unbranched alkanes of at least 4 members (excludes halogenated alkanes) is 9. The van der Waals surface area contributed by atoms with Crippen molar-refractivity contribution in [1.82, 2.24) is 0 Å². The summed E-state index contributed by atoms with van der Waals surface area (Å²) >= 11 is 0. The van der Waals surface area contributed by atoms with Gasteiger partial charge in [0.2, 0.25) is 0 Å². The molecule has 0 aromatic rings. The van der Waals surface area contributed by atoms with Gasteiger partial charge in [0.15, 0.2) is 0 Å². The highest BCUT2D eigenvalue weighted by Gasteiger charge is 2.18. The van der Waals surface area contributed by atoms with Crippen LogP contribution >= 0.6 is 0 Å². The van der Waals surface area contributed by atoms with Crippen molar-refractivity contribution in [3.8, 4) is 0 Å². The van der Waals surface area contributed by atoms with E-state index in [0.29, 0.717) is 6.42 Å². The minimum atomic E-state index is -3.87. The number of ether oxygens (including phenoxy) is 1. The molecule has 0 saturated carbocycles. The summed E-state index contributed by atoms with van der Waals surface area (Å²) in [5.41, 5.74) is 0. The summed E-state index contributed by atoms with van der Waals surface area (Å²) in [6, 6.07) is 0. The minimum Gasteiger partial charge on any atom is -0.461 e. The van der Waals surface area contributed by atoms with Gasteiger partial charge < -0.3 is 8.92 Å². The van der Waals surface area contributed by atoms with Gasteiger partial charge in [0, 0.05) is 0 Å². The lowest BCUT2D eigenvalue weighted by Gasteiger charge is -2.06. The maximum atomic E-state index is 11.7. The molecule has 7 heteroatoms. The quantitative estimate of drug-likeness (QED) is 0.159. The Kier molecular flexibility index (Phi) is 15.0. The SMILES string of the molecule is C=CCOC(=O)CCC(=O)OS(=O)(=O)CCCCCCCCCCCC. The van der Waals surface area contributed by atoms with Crippen LogP contribution in [-0.4, -0.2) is 32.7 Å². The maximum Gasteiger partial charge on any atom is 0.322 e. The molecule has 0 saturated heterocycles. The summed E-state index contributed by atoms with van der Waals surface area (Å²) in [4.78, 5) is 22.7. The van der Waals surface area contributed by atoms with E-state index >= 15 is 0 Å². The van der Waals surface area contributed by atoms with E-state index in [9.17, 15) is 18.0 Å². The predicted molar refractivity (Wildman–Crippen MR) is 102 cm³/mol. The molecule has 6 nitrogen and oxygen atoms in total. The summed E-state index contributed by atoms with van der Waals surface area (Å²) in [7, 11) is -3.87. The van der Waals surface area contributed by atoms with Gasteiger partial charge in [-0.3, -0.25) is 9.59 Å². The molecular weight excluding hydrogens is 356 g/mol. The van der Waals surface area contributed by atoms with Gasteiger partial charge in [0.05, 0.1) is 18.6 Å². The molecule has 26 heavy (non-hydrogen) atoms. The van der Waals surface area contributed by atoms with Crippen LogP contribution in [-0.2, 0) is 28.6 Å². The molecule has 0 heterocycles. The van der Waals surface area contributed by atoms with Crippen LogP contribution in [0.3, 0.4) is 0 Å². The number of carbonyl (C=O) groups excluding carboxylic acids is 2. The van der Waals surface area contributed by atoms with E-state index in [4.69, 9.17) is 4.74 Å². The second-order valence-corrected chi connectivity index (χ2v) is 8.06. The normalized spacial score (nSPS) is 11.1. The van der Waals surface area contributed by atoms with Gasteiger partial charge in [-0.25, -0.2) is 0 Å². The average Bonchev–Trinajstić information content (AvgIpc) is 2.59. The van der Waals surface area contributed by atoms with Crippen molar-refractivity contribution in [2.24, 2.45) is 0 Å². The maximum absolute atomic E-state index is 11.7. The third-order valence-electron chi connectivity index (χ3n) is 3.86. The van der Waals surface area contributed by atoms with Crippen LogP contribution in [0.5, 0.6) is 0 Å². The highest BCUT2D eigenvalue weighted by atomic mass is 32.2. The molecule has 0 fully saturated rings. The number of carbonyl (C=O) groups is 2. The average molecular weight is 391 g/mol. The second kappa shape index (κ2) is 15.9.